The molecule has 9 heteroatoms. The zero-order chi connectivity index (χ0) is 24.1. The molecule has 3 aromatic rings. The Bertz CT molecular complexity index is 1330. The van der Waals surface area contributed by atoms with E-state index in [1.807, 2.05) is 18.2 Å². The zero-order valence-corrected chi connectivity index (χ0v) is 18.0. The topological polar surface area (TPSA) is 117 Å². The molecule has 0 unspecified atom stereocenters. The van der Waals surface area contributed by atoms with E-state index in [4.69, 9.17) is 14.2 Å². The van der Waals surface area contributed by atoms with Gasteiger partial charge in [-0.2, -0.15) is 0 Å². The lowest BCUT2D eigenvalue weighted by atomic mass is 10.1. The summed E-state index contributed by atoms with van der Waals surface area (Å²) in [6, 6.07) is 19.0. The van der Waals surface area contributed by atoms with E-state index < -0.39 is 16.9 Å². The average Bonchev–Trinajstić information content (AvgIpc) is 3.21. The van der Waals surface area contributed by atoms with Crippen molar-refractivity contribution in [3.63, 3.8) is 0 Å². The fourth-order valence-electron chi connectivity index (χ4n) is 3.14. The molecule has 0 aliphatic carbocycles. The van der Waals surface area contributed by atoms with Crippen molar-refractivity contribution in [1.82, 2.24) is 0 Å². The van der Waals surface area contributed by atoms with Crippen molar-refractivity contribution < 1.29 is 28.7 Å². The van der Waals surface area contributed by atoms with Crippen LogP contribution in [0.1, 0.15) is 28.4 Å². The first-order valence-electron chi connectivity index (χ1n) is 10.3. The van der Waals surface area contributed by atoms with Crippen LogP contribution in [0.25, 0.3) is 6.08 Å². The van der Waals surface area contributed by atoms with Gasteiger partial charge in [0, 0.05) is 17.7 Å². The van der Waals surface area contributed by atoms with Crippen molar-refractivity contribution in [3.05, 3.63) is 105 Å². The first-order chi connectivity index (χ1) is 16.4. The molecule has 9 nitrogen and oxygen atoms in total. The zero-order valence-electron chi connectivity index (χ0n) is 18.0. The van der Waals surface area contributed by atoms with Crippen LogP contribution in [0.2, 0.25) is 0 Å². The minimum absolute atomic E-state index is 0.0272. The molecular weight excluding hydrogens is 440 g/mol. The van der Waals surface area contributed by atoms with E-state index in [1.165, 1.54) is 30.3 Å². The molecule has 1 aliphatic rings. The molecule has 0 N–H and O–H groups in total. The van der Waals surface area contributed by atoms with Gasteiger partial charge in [0.2, 0.25) is 5.90 Å². The van der Waals surface area contributed by atoms with Crippen LogP contribution in [0.5, 0.6) is 11.5 Å². The summed E-state index contributed by atoms with van der Waals surface area (Å²) in [6.45, 7) is 2.06. The SMILES string of the molecule is CCOc1cc(/C=C2\N=C(c3ccccc3)OC2=O)ccc1OC(=O)c1cccc([N+](=O)[O-])c1. The molecular formula is C25H18N2O7. The van der Waals surface area contributed by atoms with Crippen molar-refractivity contribution in [2.24, 2.45) is 4.99 Å². The Morgan fingerprint density at radius 1 is 1.06 bits per heavy atom. The Hall–Kier alpha value is -4.79. The third-order valence-electron chi connectivity index (χ3n) is 4.71. The van der Waals surface area contributed by atoms with E-state index >= 15 is 0 Å². The molecule has 1 heterocycles. The summed E-state index contributed by atoms with van der Waals surface area (Å²) in [5.41, 5.74) is 1.17. The van der Waals surface area contributed by atoms with Crippen molar-refractivity contribution >= 4 is 29.6 Å². The number of carbonyl (C=O) groups excluding carboxylic acids is 2. The van der Waals surface area contributed by atoms with Gasteiger partial charge in [-0.15, -0.1) is 0 Å². The van der Waals surface area contributed by atoms with E-state index in [2.05, 4.69) is 4.99 Å². The van der Waals surface area contributed by atoms with Crippen LogP contribution >= 0.6 is 0 Å². The molecule has 0 bridgehead atoms. The molecule has 170 valence electrons. The van der Waals surface area contributed by atoms with Gasteiger partial charge >= 0.3 is 11.9 Å². The van der Waals surface area contributed by atoms with Crippen LogP contribution in [0.3, 0.4) is 0 Å². The van der Waals surface area contributed by atoms with Crippen LogP contribution in [0.4, 0.5) is 5.69 Å². The van der Waals surface area contributed by atoms with E-state index in [0.717, 1.165) is 6.07 Å². The van der Waals surface area contributed by atoms with Crippen molar-refractivity contribution in [2.45, 2.75) is 6.92 Å². The van der Waals surface area contributed by atoms with Crippen LogP contribution in [-0.2, 0) is 9.53 Å². The number of carbonyl (C=O) groups is 2. The molecule has 4 rings (SSSR count). The van der Waals surface area contributed by atoms with E-state index in [9.17, 15) is 19.7 Å². The Labute approximate surface area is 194 Å². The van der Waals surface area contributed by atoms with E-state index in [0.29, 0.717) is 17.7 Å². The Morgan fingerprint density at radius 3 is 2.59 bits per heavy atom. The summed E-state index contributed by atoms with van der Waals surface area (Å²) in [5.74, 6) is -0.758. The number of rotatable bonds is 7. The normalized spacial score (nSPS) is 13.9. The fraction of sp³-hybridized carbons (Fsp3) is 0.0800. The van der Waals surface area contributed by atoms with Gasteiger partial charge < -0.3 is 14.2 Å². The third-order valence-corrected chi connectivity index (χ3v) is 4.71. The van der Waals surface area contributed by atoms with Crippen LogP contribution in [0, 0.1) is 10.1 Å². The van der Waals surface area contributed by atoms with Gasteiger partial charge in [0.05, 0.1) is 17.1 Å². The Kier molecular flexibility index (Phi) is 6.45. The maximum Gasteiger partial charge on any atom is 0.363 e. The second-order valence-corrected chi connectivity index (χ2v) is 7.04. The number of ether oxygens (including phenoxy) is 3. The van der Waals surface area contributed by atoms with Gasteiger partial charge in [0.25, 0.3) is 5.69 Å². The molecule has 0 radical (unpaired) electrons. The molecule has 0 amide bonds. The summed E-state index contributed by atoms with van der Waals surface area (Å²) in [7, 11) is 0. The Balaban J connectivity index is 1.59. The number of hydrogen-bond donors (Lipinski definition) is 0. The average molecular weight is 458 g/mol. The number of nitro groups is 1. The second-order valence-electron chi connectivity index (χ2n) is 7.04. The number of hydrogen-bond acceptors (Lipinski definition) is 8. The van der Waals surface area contributed by atoms with Gasteiger partial charge in [-0.3, -0.25) is 10.1 Å². The number of non-ortho nitro benzene ring substituents is 1. The molecule has 0 fully saturated rings. The van der Waals surface area contributed by atoms with Crippen LogP contribution in [0.15, 0.2) is 83.5 Å². The number of esters is 2. The summed E-state index contributed by atoms with van der Waals surface area (Å²) in [4.78, 5) is 39.4. The first kappa shape index (κ1) is 22.4. The van der Waals surface area contributed by atoms with Crippen molar-refractivity contribution in [1.29, 1.82) is 0 Å². The highest BCUT2D eigenvalue weighted by Crippen LogP contribution is 2.31. The molecule has 34 heavy (non-hydrogen) atoms. The quantitative estimate of drug-likeness (QED) is 0.167. The molecule has 0 spiro atoms. The predicted molar refractivity (Wildman–Crippen MR) is 123 cm³/mol. The summed E-state index contributed by atoms with van der Waals surface area (Å²) in [6.07, 6.45) is 1.53. The summed E-state index contributed by atoms with van der Waals surface area (Å²) < 4.78 is 16.3. The smallest absolute Gasteiger partial charge is 0.363 e. The maximum atomic E-state index is 12.5. The highest BCUT2D eigenvalue weighted by Gasteiger charge is 2.24. The van der Waals surface area contributed by atoms with Crippen LogP contribution < -0.4 is 9.47 Å². The molecule has 0 saturated heterocycles. The van der Waals surface area contributed by atoms with Crippen molar-refractivity contribution in [2.75, 3.05) is 6.61 Å². The van der Waals surface area contributed by atoms with Gasteiger partial charge in [-0.25, -0.2) is 14.6 Å². The first-order valence-corrected chi connectivity index (χ1v) is 10.3. The number of benzene rings is 3. The Morgan fingerprint density at radius 2 is 1.85 bits per heavy atom. The largest absolute Gasteiger partial charge is 0.490 e. The highest BCUT2D eigenvalue weighted by molar-refractivity contribution is 6.12. The lowest BCUT2D eigenvalue weighted by molar-refractivity contribution is -0.384. The summed E-state index contributed by atoms with van der Waals surface area (Å²) in [5, 5.41) is 11.0. The third kappa shape index (κ3) is 4.99. The van der Waals surface area contributed by atoms with Gasteiger partial charge in [0.1, 0.15) is 0 Å². The summed E-state index contributed by atoms with van der Waals surface area (Å²) >= 11 is 0. The minimum Gasteiger partial charge on any atom is -0.490 e. The van der Waals surface area contributed by atoms with Gasteiger partial charge in [-0.05, 0) is 48.9 Å². The van der Waals surface area contributed by atoms with E-state index in [-0.39, 0.29) is 34.3 Å². The lowest BCUT2D eigenvalue weighted by Crippen LogP contribution is -2.10. The fourth-order valence-corrected chi connectivity index (χ4v) is 3.14. The predicted octanol–water partition coefficient (Wildman–Crippen LogP) is 4.56. The minimum atomic E-state index is -0.771. The monoisotopic (exact) mass is 458 g/mol. The molecule has 1 aliphatic heterocycles. The molecule has 0 aromatic heterocycles. The van der Waals surface area contributed by atoms with Gasteiger partial charge in [-0.1, -0.05) is 30.3 Å². The molecule has 0 saturated carbocycles. The number of nitrogens with zero attached hydrogens (tertiary/aromatic N) is 2. The number of aliphatic imine (C=N–C) groups is 1. The standard InChI is InChI=1S/C25H18N2O7/c1-2-32-22-14-16(13-20-25(29)34-23(26-20)17-7-4-3-5-8-17)11-12-21(22)33-24(28)18-9-6-10-19(15-18)27(30)31/h3-15H,2H2,1H3/b20-13-. The molecule has 3 aromatic carbocycles. The lowest BCUT2D eigenvalue weighted by Gasteiger charge is -2.11. The maximum absolute atomic E-state index is 12.5. The van der Waals surface area contributed by atoms with E-state index in [1.54, 1.807) is 31.2 Å². The van der Waals surface area contributed by atoms with Gasteiger partial charge in [0.15, 0.2) is 17.2 Å². The highest BCUT2D eigenvalue weighted by atomic mass is 16.6. The number of nitro benzene ring substituents is 1. The van der Waals surface area contributed by atoms with Crippen LogP contribution in [-0.4, -0.2) is 29.4 Å². The molecule has 0 atom stereocenters. The second kappa shape index (κ2) is 9.78. The van der Waals surface area contributed by atoms with Crippen molar-refractivity contribution in [3.8, 4) is 11.5 Å². The number of cyclic esters (lactones) is 1.